The Bertz CT molecular complexity index is 357. The van der Waals surface area contributed by atoms with Crippen LogP contribution in [0.2, 0.25) is 0 Å². The fourth-order valence-corrected chi connectivity index (χ4v) is 1.25. The van der Waals surface area contributed by atoms with Crippen molar-refractivity contribution in [3.8, 4) is 0 Å². The minimum atomic E-state index is 0.806. The second-order valence-corrected chi connectivity index (χ2v) is 2.79. The fraction of sp³-hybridized carbons (Fsp3) is 0.143. The molecule has 0 saturated heterocycles. The molecular formula is C7H7N3S. The van der Waals surface area contributed by atoms with Crippen molar-refractivity contribution in [2.75, 3.05) is 0 Å². The topological polar surface area (TPSA) is 30.2 Å². The summed E-state index contributed by atoms with van der Waals surface area (Å²) in [6, 6.07) is 0. The third kappa shape index (κ3) is 0.903. The van der Waals surface area contributed by atoms with E-state index in [1.165, 1.54) is 0 Å². The van der Waals surface area contributed by atoms with Crippen molar-refractivity contribution in [2.45, 2.75) is 11.8 Å². The van der Waals surface area contributed by atoms with Crippen LogP contribution in [0.5, 0.6) is 0 Å². The highest BCUT2D eigenvalue weighted by molar-refractivity contribution is 7.80. The van der Waals surface area contributed by atoms with Gasteiger partial charge in [0.05, 0.1) is 4.90 Å². The number of hydrogen-bond acceptors (Lipinski definition) is 3. The molecule has 2 aromatic heterocycles. The molecule has 0 aliphatic carbocycles. The van der Waals surface area contributed by atoms with Crippen LogP contribution in [0.25, 0.3) is 5.65 Å². The number of imidazole rings is 1. The van der Waals surface area contributed by atoms with Gasteiger partial charge in [-0.05, 0) is 6.92 Å². The van der Waals surface area contributed by atoms with Crippen molar-refractivity contribution in [3.05, 3.63) is 24.4 Å². The quantitative estimate of drug-likeness (QED) is 0.597. The summed E-state index contributed by atoms with van der Waals surface area (Å²) in [6.07, 6.45) is 5.32. The van der Waals surface area contributed by atoms with E-state index in [0.29, 0.717) is 0 Å². The highest BCUT2D eigenvalue weighted by atomic mass is 32.1. The standard InChI is InChI=1S/C7H7N3S/c1-5-9-4-6(11)7-8-2-3-10(5)7/h2-4,11H,1H3. The number of aromatic nitrogens is 3. The molecule has 0 aromatic carbocycles. The van der Waals surface area contributed by atoms with Gasteiger partial charge >= 0.3 is 0 Å². The van der Waals surface area contributed by atoms with Gasteiger partial charge in [-0.2, -0.15) is 0 Å². The smallest absolute Gasteiger partial charge is 0.153 e. The van der Waals surface area contributed by atoms with Gasteiger partial charge < -0.3 is 0 Å². The Hall–Kier alpha value is -1.03. The Kier molecular flexibility index (Phi) is 1.35. The maximum Gasteiger partial charge on any atom is 0.153 e. The molecular weight excluding hydrogens is 158 g/mol. The lowest BCUT2D eigenvalue weighted by atomic mass is 10.5. The molecule has 0 unspecified atom stereocenters. The second kappa shape index (κ2) is 2.23. The normalized spacial score (nSPS) is 10.7. The molecule has 4 heteroatoms. The molecule has 11 heavy (non-hydrogen) atoms. The average molecular weight is 165 g/mol. The van der Waals surface area contributed by atoms with Gasteiger partial charge in [-0.3, -0.25) is 4.40 Å². The van der Waals surface area contributed by atoms with Gasteiger partial charge in [0.25, 0.3) is 0 Å². The van der Waals surface area contributed by atoms with Crippen LogP contribution in [0.4, 0.5) is 0 Å². The summed E-state index contributed by atoms with van der Waals surface area (Å²) < 4.78 is 1.91. The first-order valence-corrected chi connectivity index (χ1v) is 3.71. The maximum atomic E-state index is 4.22. The first-order valence-electron chi connectivity index (χ1n) is 3.26. The van der Waals surface area contributed by atoms with Gasteiger partial charge in [-0.25, -0.2) is 9.97 Å². The van der Waals surface area contributed by atoms with E-state index in [1.807, 2.05) is 17.5 Å². The summed E-state index contributed by atoms with van der Waals surface area (Å²) in [5, 5.41) is 0. The van der Waals surface area contributed by atoms with Gasteiger partial charge in [0.15, 0.2) is 5.65 Å². The summed E-state index contributed by atoms with van der Waals surface area (Å²) in [5.41, 5.74) is 0.862. The van der Waals surface area contributed by atoms with Crippen molar-refractivity contribution in [1.29, 1.82) is 0 Å². The Balaban J connectivity index is 2.96. The van der Waals surface area contributed by atoms with Crippen LogP contribution in [-0.2, 0) is 0 Å². The molecule has 0 radical (unpaired) electrons. The molecule has 0 amide bonds. The molecule has 0 spiro atoms. The highest BCUT2D eigenvalue weighted by Crippen LogP contribution is 2.12. The predicted molar refractivity (Wildman–Crippen MR) is 45.0 cm³/mol. The first kappa shape index (κ1) is 6.67. The van der Waals surface area contributed by atoms with Crippen molar-refractivity contribution in [1.82, 2.24) is 14.4 Å². The van der Waals surface area contributed by atoms with Crippen molar-refractivity contribution in [2.24, 2.45) is 0 Å². The summed E-state index contributed by atoms with van der Waals surface area (Å²) in [5.74, 6) is 0.926. The number of nitrogens with zero attached hydrogens (tertiary/aromatic N) is 3. The van der Waals surface area contributed by atoms with Crippen LogP contribution in [0.1, 0.15) is 5.82 Å². The molecule has 0 aliphatic rings. The lowest BCUT2D eigenvalue weighted by Gasteiger charge is -1.98. The highest BCUT2D eigenvalue weighted by Gasteiger charge is 2.00. The van der Waals surface area contributed by atoms with E-state index in [2.05, 4.69) is 22.6 Å². The monoisotopic (exact) mass is 165 g/mol. The number of thiol groups is 1. The van der Waals surface area contributed by atoms with Gasteiger partial charge in [-0.15, -0.1) is 12.6 Å². The second-order valence-electron chi connectivity index (χ2n) is 2.31. The summed E-state index contributed by atoms with van der Waals surface area (Å²) >= 11 is 4.22. The van der Waals surface area contributed by atoms with Crippen molar-refractivity contribution in [3.63, 3.8) is 0 Å². The fourth-order valence-electron chi connectivity index (χ4n) is 1.03. The van der Waals surface area contributed by atoms with Crippen LogP contribution in [0.3, 0.4) is 0 Å². The zero-order valence-electron chi connectivity index (χ0n) is 6.02. The van der Waals surface area contributed by atoms with Gasteiger partial charge in [0, 0.05) is 18.6 Å². The molecule has 56 valence electrons. The number of aryl methyl sites for hydroxylation is 1. The van der Waals surface area contributed by atoms with E-state index < -0.39 is 0 Å². The summed E-state index contributed by atoms with van der Waals surface area (Å²) in [6.45, 7) is 1.93. The summed E-state index contributed by atoms with van der Waals surface area (Å²) in [7, 11) is 0. The Labute approximate surface area is 69.5 Å². The lowest BCUT2D eigenvalue weighted by molar-refractivity contribution is 0.961. The Morgan fingerprint density at radius 1 is 1.45 bits per heavy atom. The average Bonchev–Trinajstić information content (AvgIpc) is 2.45. The van der Waals surface area contributed by atoms with Crippen molar-refractivity contribution >= 4 is 18.3 Å². The zero-order valence-corrected chi connectivity index (χ0v) is 6.92. The molecule has 0 aliphatic heterocycles. The van der Waals surface area contributed by atoms with Crippen LogP contribution in [0.15, 0.2) is 23.5 Å². The minimum absolute atomic E-state index is 0.806. The molecule has 0 N–H and O–H groups in total. The maximum absolute atomic E-state index is 4.22. The predicted octanol–water partition coefficient (Wildman–Crippen LogP) is 1.33. The van der Waals surface area contributed by atoms with E-state index in [4.69, 9.17) is 0 Å². The Morgan fingerprint density at radius 3 is 3.00 bits per heavy atom. The Morgan fingerprint density at radius 2 is 2.27 bits per heavy atom. The van der Waals surface area contributed by atoms with E-state index in [1.54, 1.807) is 12.4 Å². The zero-order chi connectivity index (χ0) is 7.84. The van der Waals surface area contributed by atoms with Crippen LogP contribution in [-0.4, -0.2) is 14.4 Å². The van der Waals surface area contributed by atoms with Crippen LogP contribution >= 0.6 is 12.6 Å². The van der Waals surface area contributed by atoms with Crippen molar-refractivity contribution < 1.29 is 0 Å². The molecule has 3 nitrogen and oxygen atoms in total. The third-order valence-electron chi connectivity index (χ3n) is 1.59. The first-order chi connectivity index (χ1) is 5.29. The van der Waals surface area contributed by atoms with E-state index in [0.717, 1.165) is 16.4 Å². The number of fused-ring (bicyclic) bond motifs is 1. The van der Waals surface area contributed by atoms with E-state index >= 15 is 0 Å². The van der Waals surface area contributed by atoms with E-state index in [9.17, 15) is 0 Å². The molecule has 0 fully saturated rings. The van der Waals surface area contributed by atoms with Gasteiger partial charge in [0.1, 0.15) is 5.82 Å². The van der Waals surface area contributed by atoms with Gasteiger partial charge in [0.2, 0.25) is 0 Å². The summed E-state index contributed by atoms with van der Waals surface area (Å²) in [4.78, 5) is 9.06. The largest absolute Gasteiger partial charge is 0.287 e. The number of hydrogen-bond donors (Lipinski definition) is 1. The minimum Gasteiger partial charge on any atom is -0.287 e. The lowest BCUT2D eigenvalue weighted by Crippen LogP contribution is -1.93. The number of rotatable bonds is 0. The van der Waals surface area contributed by atoms with Crippen LogP contribution in [0, 0.1) is 6.92 Å². The molecule has 0 atom stereocenters. The third-order valence-corrected chi connectivity index (χ3v) is 1.91. The molecule has 2 aromatic rings. The van der Waals surface area contributed by atoms with E-state index in [-0.39, 0.29) is 0 Å². The van der Waals surface area contributed by atoms with Crippen LogP contribution < -0.4 is 0 Å². The molecule has 0 bridgehead atoms. The molecule has 0 saturated carbocycles. The SMILES string of the molecule is Cc1ncc(S)c2nccn12. The van der Waals surface area contributed by atoms with Gasteiger partial charge in [-0.1, -0.05) is 0 Å². The molecule has 2 rings (SSSR count). The molecule has 2 heterocycles.